The van der Waals surface area contributed by atoms with Crippen LogP contribution in [-0.2, 0) is 30.0 Å². The van der Waals surface area contributed by atoms with Crippen molar-refractivity contribution in [1.82, 2.24) is 0 Å². The van der Waals surface area contributed by atoms with Crippen LogP contribution in [0.3, 0.4) is 0 Å². The van der Waals surface area contributed by atoms with Crippen LogP contribution in [0.2, 0.25) is 0 Å². The first-order valence-electron chi connectivity index (χ1n) is 7.24. The highest BCUT2D eigenvalue weighted by molar-refractivity contribution is 6.03. The third kappa shape index (κ3) is 3.64. The molecule has 0 saturated carbocycles. The van der Waals surface area contributed by atoms with E-state index in [1.807, 2.05) is 0 Å². The second-order valence-corrected chi connectivity index (χ2v) is 5.33. The number of esters is 2. The summed E-state index contributed by atoms with van der Waals surface area (Å²) < 4.78 is 67.5. The van der Waals surface area contributed by atoms with Gasteiger partial charge in [0, 0.05) is 0 Å². The van der Waals surface area contributed by atoms with E-state index in [0.717, 1.165) is 32.1 Å². The highest BCUT2D eigenvalue weighted by Crippen LogP contribution is 2.37. The van der Waals surface area contributed by atoms with Crippen LogP contribution in [0.15, 0.2) is 23.4 Å². The number of alkyl halides is 3. The van der Waals surface area contributed by atoms with Crippen LogP contribution < -0.4 is 4.90 Å². The van der Waals surface area contributed by atoms with Gasteiger partial charge in [0.1, 0.15) is 18.2 Å². The predicted octanol–water partition coefficient (Wildman–Crippen LogP) is 2.55. The molecule has 2 rings (SSSR count). The number of benzene rings is 1. The molecule has 0 aliphatic carbocycles. The summed E-state index contributed by atoms with van der Waals surface area (Å²) in [5.74, 6) is -3.12. The van der Waals surface area contributed by atoms with Crippen molar-refractivity contribution >= 4 is 17.6 Å². The van der Waals surface area contributed by atoms with Crippen LogP contribution in [0, 0.1) is 12.7 Å². The number of ether oxygens (including phenoxy) is 3. The highest BCUT2D eigenvalue weighted by atomic mass is 19.4. The number of carbonyl (C=O) groups excluding carboxylic acids is 2. The zero-order valence-corrected chi connectivity index (χ0v) is 14.1. The summed E-state index contributed by atoms with van der Waals surface area (Å²) >= 11 is 0. The number of anilines is 1. The highest BCUT2D eigenvalue weighted by Gasteiger charge is 2.37. The summed E-state index contributed by atoms with van der Waals surface area (Å²) in [5.41, 5.74) is -2.36. The molecule has 0 saturated heterocycles. The average molecular weight is 377 g/mol. The average Bonchev–Trinajstić information content (AvgIpc) is 2.60. The van der Waals surface area contributed by atoms with E-state index >= 15 is 0 Å². The molecule has 0 atom stereocenters. The second kappa shape index (κ2) is 7.32. The molecule has 0 aromatic heterocycles. The molecule has 1 aliphatic rings. The topological polar surface area (TPSA) is 65.1 Å². The van der Waals surface area contributed by atoms with E-state index in [1.54, 1.807) is 0 Å². The molecule has 1 aromatic rings. The molecule has 0 unspecified atom stereocenters. The Morgan fingerprint density at radius 1 is 1.15 bits per heavy atom. The van der Waals surface area contributed by atoms with Gasteiger partial charge in [-0.25, -0.2) is 14.0 Å². The van der Waals surface area contributed by atoms with E-state index in [9.17, 15) is 27.2 Å². The van der Waals surface area contributed by atoms with Crippen LogP contribution in [0.1, 0.15) is 11.1 Å². The molecule has 0 radical (unpaired) electrons. The first-order valence-corrected chi connectivity index (χ1v) is 7.24. The third-order valence-electron chi connectivity index (χ3n) is 3.72. The number of halogens is 4. The van der Waals surface area contributed by atoms with E-state index in [1.165, 1.54) is 0 Å². The molecular weight excluding hydrogens is 362 g/mol. The summed E-state index contributed by atoms with van der Waals surface area (Å²) in [4.78, 5) is 24.9. The minimum absolute atomic E-state index is 0.234. The van der Waals surface area contributed by atoms with Gasteiger partial charge in [0.2, 0.25) is 0 Å². The van der Waals surface area contributed by atoms with Gasteiger partial charge in [-0.2, -0.15) is 13.2 Å². The quantitative estimate of drug-likeness (QED) is 0.596. The molecule has 6 nitrogen and oxygen atoms in total. The van der Waals surface area contributed by atoms with Crippen LogP contribution >= 0.6 is 0 Å². The Hall–Kier alpha value is -2.62. The van der Waals surface area contributed by atoms with Crippen LogP contribution in [0.4, 0.5) is 23.2 Å². The summed E-state index contributed by atoms with van der Waals surface area (Å²) in [5, 5.41) is 0. The summed E-state index contributed by atoms with van der Waals surface area (Å²) in [7, 11) is 2.12. The number of hydrogen-bond acceptors (Lipinski definition) is 6. The molecule has 0 fully saturated rings. The van der Waals surface area contributed by atoms with Crippen molar-refractivity contribution in [3.8, 4) is 0 Å². The molecule has 1 heterocycles. The summed E-state index contributed by atoms with van der Waals surface area (Å²) in [6.07, 6.45) is -4.74. The van der Waals surface area contributed by atoms with Gasteiger partial charge in [-0.15, -0.1) is 0 Å². The second-order valence-electron chi connectivity index (χ2n) is 5.33. The number of nitrogens with zero attached hydrogens (tertiary/aromatic N) is 1. The summed E-state index contributed by atoms with van der Waals surface area (Å²) in [6.45, 7) is 0.487. The van der Waals surface area contributed by atoms with Gasteiger partial charge >= 0.3 is 18.1 Å². The van der Waals surface area contributed by atoms with Gasteiger partial charge in [0.25, 0.3) is 0 Å². The number of hydrogen-bond donors (Lipinski definition) is 0. The Morgan fingerprint density at radius 2 is 1.77 bits per heavy atom. The van der Waals surface area contributed by atoms with Crippen molar-refractivity contribution in [2.75, 3.05) is 32.5 Å². The fraction of sp³-hybridized carbons (Fsp3) is 0.375. The third-order valence-corrected chi connectivity index (χ3v) is 3.72. The zero-order chi connectivity index (χ0) is 19.6. The molecule has 10 heteroatoms. The van der Waals surface area contributed by atoms with Crippen LogP contribution in [0.25, 0.3) is 0 Å². The SMILES string of the molecule is COC(=O)C1=C(C(=O)OC)N(c2cc(C)c(C(F)(F)F)cc2F)COC1. The number of aryl methyl sites for hydroxylation is 1. The van der Waals surface area contributed by atoms with E-state index in [2.05, 4.69) is 9.47 Å². The van der Waals surface area contributed by atoms with Crippen molar-refractivity contribution in [3.63, 3.8) is 0 Å². The standard InChI is InChI=1S/C16H15F4NO5/c1-8-4-12(11(17)5-10(8)16(18,19)20)21-7-26-6-9(14(22)24-2)13(21)15(23)25-3/h4-5H,6-7H2,1-3H3. The lowest BCUT2D eigenvalue weighted by atomic mass is 10.0. The zero-order valence-electron chi connectivity index (χ0n) is 14.1. The first-order chi connectivity index (χ1) is 12.1. The normalized spacial score (nSPS) is 15.1. The molecule has 142 valence electrons. The molecule has 1 aromatic carbocycles. The first kappa shape index (κ1) is 19.7. The maximum Gasteiger partial charge on any atom is 0.416 e. The van der Waals surface area contributed by atoms with Gasteiger partial charge in [-0.1, -0.05) is 0 Å². The van der Waals surface area contributed by atoms with Gasteiger partial charge in [0.05, 0.1) is 37.7 Å². The predicted molar refractivity (Wildman–Crippen MR) is 80.5 cm³/mol. The van der Waals surface area contributed by atoms with E-state index < -0.39 is 29.5 Å². The van der Waals surface area contributed by atoms with Crippen molar-refractivity contribution in [2.45, 2.75) is 13.1 Å². The van der Waals surface area contributed by atoms with E-state index in [-0.39, 0.29) is 35.9 Å². The minimum Gasteiger partial charge on any atom is -0.466 e. The molecule has 0 bridgehead atoms. The van der Waals surface area contributed by atoms with Crippen LogP contribution in [-0.4, -0.2) is 39.5 Å². The smallest absolute Gasteiger partial charge is 0.416 e. The van der Waals surface area contributed by atoms with Crippen molar-refractivity contribution in [1.29, 1.82) is 0 Å². The van der Waals surface area contributed by atoms with E-state index in [0.29, 0.717) is 6.07 Å². The maximum atomic E-state index is 14.4. The maximum absolute atomic E-state index is 14.4. The lowest BCUT2D eigenvalue weighted by Gasteiger charge is -2.32. The lowest BCUT2D eigenvalue weighted by Crippen LogP contribution is -2.39. The Bertz CT molecular complexity index is 773. The monoisotopic (exact) mass is 377 g/mol. The van der Waals surface area contributed by atoms with Gasteiger partial charge in [-0.05, 0) is 24.6 Å². The summed E-state index contributed by atoms with van der Waals surface area (Å²) in [6, 6.07) is 1.25. The fourth-order valence-electron chi connectivity index (χ4n) is 2.51. The lowest BCUT2D eigenvalue weighted by molar-refractivity contribution is -0.140. The van der Waals surface area contributed by atoms with Gasteiger partial charge in [0.15, 0.2) is 0 Å². The Morgan fingerprint density at radius 3 is 2.31 bits per heavy atom. The molecule has 0 spiro atoms. The molecule has 1 aliphatic heterocycles. The number of carbonyl (C=O) groups is 2. The fourth-order valence-corrected chi connectivity index (χ4v) is 2.51. The largest absolute Gasteiger partial charge is 0.466 e. The Balaban J connectivity index is 2.64. The number of rotatable bonds is 3. The molecule has 26 heavy (non-hydrogen) atoms. The van der Waals surface area contributed by atoms with Gasteiger partial charge in [-0.3, -0.25) is 0 Å². The molecular formula is C16H15F4NO5. The number of methoxy groups -OCH3 is 2. The van der Waals surface area contributed by atoms with E-state index in [4.69, 9.17) is 4.74 Å². The Kier molecular flexibility index (Phi) is 5.55. The van der Waals surface area contributed by atoms with Crippen LogP contribution in [0.5, 0.6) is 0 Å². The van der Waals surface area contributed by atoms with Crippen molar-refractivity contribution in [2.24, 2.45) is 0 Å². The van der Waals surface area contributed by atoms with Gasteiger partial charge < -0.3 is 19.1 Å². The Labute approximate surface area is 145 Å². The van der Waals surface area contributed by atoms with Crippen molar-refractivity contribution in [3.05, 3.63) is 40.3 Å². The minimum atomic E-state index is -4.74. The molecule has 0 N–H and O–H groups in total. The molecule has 0 amide bonds. The van der Waals surface area contributed by atoms with Crippen molar-refractivity contribution < 1.29 is 41.4 Å².